The van der Waals surface area contributed by atoms with E-state index in [9.17, 15) is 0 Å². The van der Waals surface area contributed by atoms with Crippen molar-refractivity contribution in [1.82, 2.24) is 9.78 Å². The minimum absolute atomic E-state index is 0.442. The number of rotatable bonds is 4. The van der Waals surface area contributed by atoms with Crippen LogP contribution in [0.3, 0.4) is 0 Å². The number of halogens is 3. The highest BCUT2D eigenvalue weighted by Gasteiger charge is 2.14. The van der Waals surface area contributed by atoms with Gasteiger partial charge in [-0.15, -0.1) is 0 Å². The second kappa shape index (κ2) is 8.48. The second-order valence-corrected chi connectivity index (χ2v) is 7.63. The lowest BCUT2D eigenvalue weighted by Gasteiger charge is -2.12. The Morgan fingerprint density at radius 2 is 1.74 bits per heavy atom. The minimum Gasteiger partial charge on any atom is -0.332 e. The number of aryl methyl sites for hydroxylation is 1. The number of hydrogen-bond donors (Lipinski definition) is 2. The lowest BCUT2D eigenvalue weighted by Crippen LogP contribution is -2.20. The summed E-state index contributed by atoms with van der Waals surface area (Å²) in [4.78, 5) is 0. The normalized spacial score (nSPS) is 10.7. The zero-order chi connectivity index (χ0) is 19.6. The predicted molar refractivity (Wildman–Crippen MR) is 119 cm³/mol. The van der Waals surface area contributed by atoms with Crippen LogP contribution >= 0.6 is 47.0 Å². The molecule has 0 amide bonds. The van der Waals surface area contributed by atoms with E-state index in [1.165, 1.54) is 0 Å². The van der Waals surface area contributed by atoms with E-state index in [0.29, 0.717) is 21.7 Å². The van der Waals surface area contributed by atoms with Gasteiger partial charge in [0, 0.05) is 10.7 Å². The summed E-state index contributed by atoms with van der Waals surface area (Å²) in [5.74, 6) is 0. The van der Waals surface area contributed by atoms with E-state index in [-0.39, 0.29) is 0 Å². The summed E-state index contributed by atoms with van der Waals surface area (Å²) < 4.78 is 1.90. The Balaban J connectivity index is 1.75. The van der Waals surface area contributed by atoms with Gasteiger partial charge in [-0.1, -0.05) is 53.0 Å². The first-order valence-corrected chi connectivity index (χ1v) is 9.70. The Hall–Kier alpha value is -1.79. The van der Waals surface area contributed by atoms with Gasteiger partial charge in [0.1, 0.15) is 0 Å². The molecule has 0 aliphatic heterocycles. The Kier molecular flexibility index (Phi) is 6.27. The van der Waals surface area contributed by atoms with Gasteiger partial charge in [0.05, 0.1) is 33.7 Å². The van der Waals surface area contributed by atoms with Gasteiger partial charge in [0.25, 0.3) is 0 Å². The van der Waals surface area contributed by atoms with Crippen molar-refractivity contribution in [2.24, 2.45) is 0 Å². The summed E-state index contributed by atoms with van der Waals surface area (Å²) in [6.45, 7) is 4.50. The molecule has 0 saturated heterocycles. The Labute approximate surface area is 178 Å². The van der Waals surface area contributed by atoms with Crippen LogP contribution in [0.2, 0.25) is 15.1 Å². The van der Waals surface area contributed by atoms with Gasteiger partial charge in [0.2, 0.25) is 0 Å². The molecule has 2 N–H and O–H groups in total. The molecule has 0 bridgehead atoms. The molecule has 0 aliphatic carbocycles. The van der Waals surface area contributed by atoms with Gasteiger partial charge < -0.3 is 10.6 Å². The van der Waals surface area contributed by atoms with E-state index >= 15 is 0 Å². The molecular weight excluding hydrogens is 423 g/mol. The number of aromatic nitrogens is 2. The third kappa shape index (κ3) is 4.74. The summed E-state index contributed by atoms with van der Waals surface area (Å²) in [5.41, 5.74) is 4.43. The molecule has 3 rings (SSSR count). The number of nitrogens with zero attached hydrogens (tertiary/aromatic N) is 2. The maximum absolute atomic E-state index is 6.26. The minimum atomic E-state index is 0.442. The zero-order valence-electron chi connectivity index (χ0n) is 14.7. The number of anilines is 2. The molecule has 0 radical (unpaired) electrons. The summed E-state index contributed by atoms with van der Waals surface area (Å²) in [7, 11) is 0. The molecule has 1 heterocycles. The number of nitrogens with one attached hydrogen (secondary N) is 2. The molecule has 0 spiro atoms. The number of benzene rings is 2. The predicted octanol–water partition coefficient (Wildman–Crippen LogP) is 6.32. The zero-order valence-corrected chi connectivity index (χ0v) is 17.8. The van der Waals surface area contributed by atoms with Crippen molar-refractivity contribution >= 4 is 63.5 Å². The van der Waals surface area contributed by atoms with E-state index < -0.39 is 0 Å². The van der Waals surface area contributed by atoms with E-state index in [1.807, 2.05) is 48.9 Å². The molecule has 2 aromatic carbocycles. The van der Waals surface area contributed by atoms with Gasteiger partial charge in [-0.25, -0.2) is 0 Å². The molecule has 27 heavy (non-hydrogen) atoms. The van der Waals surface area contributed by atoms with Crippen molar-refractivity contribution in [3.63, 3.8) is 0 Å². The van der Waals surface area contributed by atoms with Crippen LogP contribution in [0.1, 0.15) is 17.0 Å². The maximum atomic E-state index is 6.26. The van der Waals surface area contributed by atoms with Crippen LogP contribution in [0.5, 0.6) is 0 Å². The van der Waals surface area contributed by atoms with Crippen molar-refractivity contribution in [3.05, 3.63) is 74.5 Å². The van der Waals surface area contributed by atoms with Crippen LogP contribution in [-0.4, -0.2) is 14.9 Å². The lowest BCUT2D eigenvalue weighted by molar-refractivity contribution is 0.659. The fourth-order valence-corrected chi connectivity index (χ4v) is 3.38. The number of hydrogen-bond acceptors (Lipinski definition) is 2. The van der Waals surface area contributed by atoms with Crippen molar-refractivity contribution < 1.29 is 0 Å². The van der Waals surface area contributed by atoms with Gasteiger partial charge in [0.15, 0.2) is 5.11 Å². The van der Waals surface area contributed by atoms with Crippen LogP contribution in [0.4, 0.5) is 11.4 Å². The lowest BCUT2D eigenvalue weighted by atomic mass is 10.2. The van der Waals surface area contributed by atoms with Gasteiger partial charge in [-0.3, -0.25) is 4.68 Å². The fourth-order valence-electron chi connectivity index (χ4n) is 2.67. The molecular formula is C19H17Cl3N4S. The van der Waals surface area contributed by atoms with Crippen LogP contribution in [-0.2, 0) is 6.54 Å². The van der Waals surface area contributed by atoms with Crippen LogP contribution < -0.4 is 10.6 Å². The van der Waals surface area contributed by atoms with Crippen molar-refractivity contribution in [2.75, 3.05) is 10.6 Å². The summed E-state index contributed by atoms with van der Waals surface area (Å²) in [6, 6.07) is 13.0. The Morgan fingerprint density at radius 1 is 1.00 bits per heavy atom. The monoisotopic (exact) mass is 438 g/mol. The highest BCUT2D eigenvalue weighted by molar-refractivity contribution is 7.80. The first-order chi connectivity index (χ1) is 12.8. The maximum Gasteiger partial charge on any atom is 0.175 e. The molecule has 0 atom stereocenters. The standard InChI is InChI=1S/C19H17Cl3N4S/c1-11-18(24-19(27)23-14-7-8-16(21)17(22)9-14)12(2)26(25-11)10-13-5-3-4-6-15(13)20/h3-9H,10H2,1-2H3,(H2,23,24,27). The molecule has 4 nitrogen and oxygen atoms in total. The third-order valence-electron chi connectivity index (χ3n) is 4.08. The van der Waals surface area contributed by atoms with E-state index in [4.69, 9.17) is 47.0 Å². The molecule has 8 heteroatoms. The SMILES string of the molecule is Cc1nn(Cc2ccccc2Cl)c(C)c1NC(=S)Nc1ccc(Cl)c(Cl)c1. The average Bonchev–Trinajstić information content (AvgIpc) is 2.88. The first kappa shape index (κ1) is 20.0. The quantitative estimate of drug-likeness (QED) is 0.467. The topological polar surface area (TPSA) is 41.9 Å². The molecule has 0 fully saturated rings. The average molecular weight is 440 g/mol. The van der Waals surface area contributed by atoms with Crippen molar-refractivity contribution in [2.45, 2.75) is 20.4 Å². The van der Waals surface area contributed by atoms with E-state index in [1.54, 1.807) is 12.1 Å². The summed E-state index contributed by atoms with van der Waals surface area (Å²) in [6.07, 6.45) is 0. The molecule has 3 aromatic rings. The van der Waals surface area contributed by atoms with Crippen LogP contribution in [0, 0.1) is 13.8 Å². The number of thiocarbonyl (C=S) groups is 1. The van der Waals surface area contributed by atoms with Crippen molar-refractivity contribution in [1.29, 1.82) is 0 Å². The highest BCUT2D eigenvalue weighted by Crippen LogP contribution is 2.26. The molecule has 140 valence electrons. The van der Waals surface area contributed by atoms with E-state index in [0.717, 1.165) is 33.3 Å². The largest absolute Gasteiger partial charge is 0.332 e. The summed E-state index contributed by atoms with van der Waals surface area (Å²) in [5, 5.41) is 13.0. The molecule has 0 saturated carbocycles. The Bertz CT molecular complexity index is 1000. The molecule has 1 aromatic heterocycles. The molecule has 0 unspecified atom stereocenters. The third-order valence-corrected chi connectivity index (χ3v) is 5.39. The van der Waals surface area contributed by atoms with Crippen LogP contribution in [0.25, 0.3) is 0 Å². The van der Waals surface area contributed by atoms with Gasteiger partial charge in [-0.05, 0) is 55.9 Å². The van der Waals surface area contributed by atoms with Crippen LogP contribution in [0.15, 0.2) is 42.5 Å². The smallest absolute Gasteiger partial charge is 0.175 e. The molecule has 0 aliphatic rings. The van der Waals surface area contributed by atoms with E-state index in [2.05, 4.69) is 15.7 Å². The second-order valence-electron chi connectivity index (χ2n) is 6.00. The first-order valence-electron chi connectivity index (χ1n) is 8.15. The van der Waals surface area contributed by atoms with Gasteiger partial charge >= 0.3 is 0 Å². The van der Waals surface area contributed by atoms with Gasteiger partial charge in [-0.2, -0.15) is 5.10 Å². The summed E-state index contributed by atoms with van der Waals surface area (Å²) >= 11 is 23.7. The highest BCUT2D eigenvalue weighted by atomic mass is 35.5. The fraction of sp³-hybridized carbons (Fsp3) is 0.158. The van der Waals surface area contributed by atoms with Crippen molar-refractivity contribution in [3.8, 4) is 0 Å². The Morgan fingerprint density at radius 3 is 2.44 bits per heavy atom.